The summed E-state index contributed by atoms with van der Waals surface area (Å²) in [6, 6.07) is 2.65. The molecule has 21 heavy (non-hydrogen) atoms. The maximum atomic E-state index is 5.39. The summed E-state index contributed by atoms with van der Waals surface area (Å²) < 4.78 is 5.39. The van der Waals surface area contributed by atoms with Gasteiger partial charge in [-0.25, -0.2) is 9.97 Å². The molecule has 0 radical (unpaired) electrons. The smallest absolute Gasteiger partial charge is 0.134 e. The van der Waals surface area contributed by atoms with Gasteiger partial charge in [-0.1, -0.05) is 13.3 Å². The van der Waals surface area contributed by atoms with Crippen LogP contribution in [0.4, 0.5) is 11.6 Å². The van der Waals surface area contributed by atoms with Gasteiger partial charge in [-0.2, -0.15) is 0 Å². The lowest BCUT2D eigenvalue weighted by atomic mass is 9.84. The van der Waals surface area contributed by atoms with Crippen LogP contribution in [0.1, 0.15) is 39.0 Å². The Labute approximate surface area is 127 Å². The molecule has 3 rings (SSSR count). The molecule has 0 unspecified atom stereocenters. The van der Waals surface area contributed by atoms with Crippen LogP contribution in [0.3, 0.4) is 0 Å². The lowest BCUT2D eigenvalue weighted by molar-refractivity contribution is 0.122. The number of anilines is 2. The van der Waals surface area contributed by atoms with Crippen molar-refractivity contribution in [2.24, 2.45) is 5.92 Å². The molecule has 1 aliphatic carbocycles. The predicted octanol–water partition coefficient (Wildman–Crippen LogP) is 2.69. The second kappa shape index (κ2) is 7.07. The van der Waals surface area contributed by atoms with Crippen LogP contribution in [0.5, 0.6) is 0 Å². The summed E-state index contributed by atoms with van der Waals surface area (Å²) in [7, 11) is 0. The quantitative estimate of drug-likeness (QED) is 0.924. The van der Waals surface area contributed by atoms with E-state index in [4.69, 9.17) is 4.74 Å². The van der Waals surface area contributed by atoms with Crippen LogP contribution in [0, 0.1) is 5.92 Å². The van der Waals surface area contributed by atoms with E-state index in [2.05, 4.69) is 33.2 Å². The molecule has 0 amide bonds. The van der Waals surface area contributed by atoms with E-state index < -0.39 is 0 Å². The lowest BCUT2D eigenvalue weighted by Gasteiger charge is -2.30. The van der Waals surface area contributed by atoms with Gasteiger partial charge in [0.05, 0.1) is 13.2 Å². The molecule has 5 heteroatoms. The second-order valence-electron chi connectivity index (χ2n) is 6.13. The van der Waals surface area contributed by atoms with Crippen LogP contribution >= 0.6 is 0 Å². The van der Waals surface area contributed by atoms with Crippen molar-refractivity contribution in [1.29, 1.82) is 0 Å². The fourth-order valence-corrected chi connectivity index (χ4v) is 3.32. The number of aromatic nitrogens is 2. The van der Waals surface area contributed by atoms with Crippen LogP contribution in [0.25, 0.3) is 0 Å². The molecule has 2 aliphatic rings. The molecule has 1 saturated heterocycles. The Morgan fingerprint density at radius 1 is 1.19 bits per heavy atom. The van der Waals surface area contributed by atoms with Crippen LogP contribution < -0.4 is 10.2 Å². The lowest BCUT2D eigenvalue weighted by Crippen LogP contribution is -2.36. The summed E-state index contributed by atoms with van der Waals surface area (Å²) in [5.41, 5.74) is 0. The molecule has 1 aromatic heterocycles. The highest BCUT2D eigenvalue weighted by molar-refractivity contribution is 5.49. The number of nitrogens with one attached hydrogen (secondary N) is 1. The Kier molecular flexibility index (Phi) is 4.91. The van der Waals surface area contributed by atoms with E-state index in [0.29, 0.717) is 6.04 Å². The molecule has 0 aromatic carbocycles. The molecule has 2 heterocycles. The summed E-state index contributed by atoms with van der Waals surface area (Å²) in [5.74, 6) is 2.90. The van der Waals surface area contributed by atoms with Crippen molar-refractivity contribution >= 4 is 11.6 Å². The van der Waals surface area contributed by atoms with Gasteiger partial charge in [0.25, 0.3) is 0 Å². The zero-order chi connectivity index (χ0) is 14.5. The first-order chi connectivity index (χ1) is 10.3. The third-order valence-corrected chi connectivity index (χ3v) is 4.76. The highest BCUT2D eigenvalue weighted by Gasteiger charge is 2.20. The van der Waals surface area contributed by atoms with Crippen molar-refractivity contribution < 1.29 is 4.74 Å². The number of ether oxygens (including phenoxy) is 1. The van der Waals surface area contributed by atoms with E-state index in [-0.39, 0.29) is 0 Å². The number of morpholine rings is 1. The predicted molar refractivity (Wildman–Crippen MR) is 84.7 cm³/mol. The Balaban J connectivity index is 1.58. The third kappa shape index (κ3) is 3.84. The van der Waals surface area contributed by atoms with Crippen LogP contribution in [0.2, 0.25) is 0 Å². The van der Waals surface area contributed by atoms with Gasteiger partial charge in [0, 0.05) is 25.2 Å². The van der Waals surface area contributed by atoms with Gasteiger partial charge >= 0.3 is 0 Å². The molecule has 0 bridgehead atoms. The fourth-order valence-electron chi connectivity index (χ4n) is 3.32. The Hall–Kier alpha value is -1.36. The normalized spacial score (nSPS) is 26.6. The van der Waals surface area contributed by atoms with Crippen molar-refractivity contribution in [1.82, 2.24) is 9.97 Å². The Morgan fingerprint density at radius 2 is 1.95 bits per heavy atom. The van der Waals surface area contributed by atoms with Gasteiger partial charge < -0.3 is 15.0 Å². The van der Waals surface area contributed by atoms with E-state index in [1.54, 1.807) is 6.33 Å². The highest BCUT2D eigenvalue weighted by atomic mass is 16.5. The van der Waals surface area contributed by atoms with Gasteiger partial charge in [-0.05, 0) is 31.6 Å². The topological polar surface area (TPSA) is 50.3 Å². The van der Waals surface area contributed by atoms with Gasteiger partial charge in [0.2, 0.25) is 0 Å². The van der Waals surface area contributed by atoms with Crippen LogP contribution in [0.15, 0.2) is 12.4 Å². The van der Waals surface area contributed by atoms with E-state index in [9.17, 15) is 0 Å². The highest BCUT2D eigenvalue weighted by Crippen LogP contribution is 2.28. The molecule has 0 atom stereocenters. The minimum Gasteiger partial charge on any atom is -0.378 e. The zero-order valence-electron chi connectivity index (χ0n) is 12.9. The minimum absolute atomic E-state index is 0.570. The first kappa shape index (κ1) is 14.6. The standard InChI is InChI=1S/C16H26N4O/c1-2-13-3-5-14(6-4-13)19-15-11-16(18-12-17-15)20-7-9-21-10-8-20/h11-14H,2-10H2,1H3,(H,17,18,19). The molecule has 1 N–H and O–H groups in total. The largest absolute Gasteiger partial charge is 0.378 e. The first-order valence-electron chi connectivity index (χ1n) is 8.26. The number of hydrogen-bond donors (Lipinski definition) is 1. The van der Waals surface area contributed by atoms with Crippen LogP contribution in [-0.2, 0) is 4.74 Å². The van der Waals surface area contributed by atoms with Gasteiger partial charge in [-0.3, -0.25) is 0 Å². The maximum absolute atomic E-state index is 5.39. The van der Waals surface area contributed by atoms with Crippen molar-refractivity contribution in [2.45, 2.75) is 45.1 Å². The molecule has 2 fully saturated rings. The molecule has 0 spiro atoms. The average molecular weight is 290 g/mol. The summed E-state index contributed by atoms with van der Waals surface area (Å²) in [5, 5.41) is 3.60. The monoisotopic (exact) mass is 290 g/mol. The summed E-state index contributed by atoms with van der Waals surface area (Å²) in [6.45, 7) is 5.70. The maximum Gasteiger partial charge on any atom is 0.134 e. The van der Waals surface area contributed by atoms with Crippen LogP contribution in [-0.4, -0.2) is 42.3 Å². The molecule has 1 saturated carbocycles. The van der Waals surface area contributed by atoms with Crippen molar-refractivity contribution in [3.05, 3.63) is 12.4 Å². The molecule has 5 nitrogen and oxygen atoms in total. The van der Waals surface area contributed by atoms with E-state index in [1.165, 1.54) is 32.1 Å². The molecule has 1 aromatic rings. The Bertz CT molecular complexity index is 440. The molecular formula is C16H26N4O. The molecular weight excluding hydrogens is 264 g/mol. The SMILES string of the molecule is CCC1CCC(Nc2cc(N3CCOCC3)ncn2)CC1. The van der Waals surface area contributed by atoms with Crippen molar-refractivity contribution in [3.8, 4) is 0 Å². The van der Waals surface area contributed by atoms with E-state index in [1.807, 2.05) is 0 Å². The summed E-state index contributed by atoms with van der Waals surface area (Å²) in [4.78, 5) is 11.1. The fraction of sp³-hybridized carbons (Fsp3) is 0.750. The van der Waals surface area contributed by atoms with Gasteiger partial charge in [0.15, 0.2) is 0 Å². The number of nitrogens with zero attached hydrogens (tertiary/aromatic N) is 3. The second-order valence-corrected chi connectivity index (χ2v) is 6.13. The summed E-state index contributed by atoms with van der Waals surface area (Å²) >= 11 is 0. The Morgan fingerprint density at radius 3 is 2.67 bits per heavy atom. The van der Waals surface area contributed by atoms with Gasteiger partial charge in [-0.15, -0.1) is 0 Å². The zero-order valence-corrected chi connectivity index (χ0v) is 12.9. The average Bonchev–Trinajstić information content (AvgIpc) is 2.57. The molecule has 1 aliphatic heterocycles. The molecule has 116 valence electrons. The first-order valence-corrected chi connectivity index (χ1v) is 8.26. The number of hydrogen-bond acceptors (Lipinski definition) is 5. The minimum atomic E-state index is 0.570. The van der Waals surface area contributed by atoms with E-state index >= 15 is 0 Å². The van der Waals surface area contributed by atoms with E-state index in [0.717, 1.165) is 43.9 Å². The summed E-state index contributed by atoms with van der Waals surface area (Å²) in [6.07, 6.45) is 8.20. The van der Waals surface area contributed by atoms with Crippen molar-refractivity contribution in [2.75, 3.05) is 36.5 Å². The van der Waals surface area contributed by atoms with Gasteiger partial charge in [0.1, 0.15) is 18.0 Å². The number of rotatable bonds is 4. The third-order valence-electron chi connectivity index (χ3n) is 4.76. The van der Waals surface area contributed by atoms with Crippen molar-refractivity contribution in [3.63, 3.8) is 0 Å².